The van der Waals surface area contributed by atoms with Gasteiger partial charge in [0.15, 0.2) is 11.9 Å². The van der Waals surface area contributed by atoms with E-state index in [4.69, 9.17) is 14.3 Å². The summed E-state index contributed by atoms with van der Waals surface area (Å²) in [7, 11) is 1.78. The molecule has 0 spiro atoms. The third-order valence-corrected chi connectivity index (χ3v) is 2.23. The molecule has 0 bridgehead atoms. The van der Waals surface area contributed by atoms with Crippen molar-refractivity contribution < 1.29 is 19.1 Å². The molecule has 2 aromatic heterocycles. The molecule has 0 aliphatic heterocycles. The summed E-state index contributed by atoms with van der Waals surface area (Å²) < 4.78 is 12.3. The third kappa shape index (κ3) is 2.47. The van der Waals surface area contributed by atoms with E-state index in [1.54, 1.807) is 37.1 Å². The Labute approximate surface area is 97.4 Å². The van der Waals surface area contributed by atoms with Gasteiger partial charge in [0.1, 0.15) is 5.76 Å². The van der Waals surface area contributed by atoms with Gasteiger partial charge in [-0.25, -0.2) is 4.79 Å². The summed E-state index contributed by atoms with van der Waals surface area (Å²) in [6, 6.07) is 2.99. The molecule has 0 saturated heterocycles. The van der Waals surface area contributed by atoms with Crippen LogP contribution in [0.4, 0.5) is 0 Å². The molecule has 6 heteroatoms. The van der Waals surface area contributed by atoms with Gasteiger partial charge in [0, 0.05) is 7.05 Å². The molecular formula is C11H12N2O4. The van der Waals surface area contributed by atoms with E-state index in [0.29, 0.717) is 11.5 Å². The summed E-state index contributed by atoms with van der Waals surface area (Å²) in [6.45, 7) is 1.78. The average molecular weight is 236 g/mol. The summed E-state index contributed by atoms with van der Waals surface area (Å²) in [4.78, 5) is 10.7. The van der Waals surface area contributed by atoms with E-state index in [1.165, 1.54) is 6.07 Å². The lowest BCUT2D eigenvalue weighted by atomic mass is 10.3. The van der Waals surface area contributed by atoms with Crippen LogP contribution >= 0.6 is 0 Å². The number of rotatable bonds is 4. The number of aromatic nitrogens is 2. The first-order valence-electron chi connectivity index (χ1n) is 5.04. The fourth-order valence-corrected chi connectivity index (χ4v) is 1.41. The number of aromatic carboxylic acids is 1. The number of ether oxygens (including phenoxy) is 1. The van der Waals surface area contributed by atoms with E-state index in [2.05, 4.69) is 5.10 Å². The summed E-state index contributed by atoms with van der Waals surface area (Å²) >= 11 is 0. The van der Waals surface area contributed by atoms with Gasteiger partial charge in [-0.1, -0.05) is 0 Å². The molecule has 0 radical (unpaired) electrons. The molecule has 0 fully saturated rings. The molecule has 1 atom stereocenters. The Kier molecular flexibility index (Phi) is 2.86. The molecule has 90 valence electrons. The fourth-order valence-electron chi connectivity index (χ4n) is 1.41. The maximum Gasteiger partial charge on any atom is 0.371 e. The van der Waals surface area contributed by atoms with Crippen LogP contribution in [0.5, 0.6) is 5.75 Å². The van der Waals surface area contributed by atoms with E-state index >= 15 is 0 Å². The minimum absolute atomic E-state index is 0.0957. The molecule has 17 heavy (non-hydrogen) atoms. The molecule has 0 aromatic carbocycles. The van der Waals surface area contributed by atoms with Crippen LogP contribution in [0.2, 0.25) is 0 Å². The molecule has 0 amide bonds. The van der Waals surface area contributed by atoms with Crippen molar-refractivity contribution in [3.63, 3.8) is 0 Å². The van der Waals surface area contributed by atoms with Gasteiger partial charge in [-0.15, -0.1) is 0 Å². The number of carboxylic acid groups (broad SMARTS) is 1. The van der Waals surface area contributed by atoms with Gasteiger partial charge in [-0.3, -0.25) is 4.68 Å². The van der Waals surface area contributed by atoms with Crippen LogP contribution in [0.25, 0.3) is 0 Å². The zero-order valence-electron chi connectivity index (χ0n) is 9.45. The molecule has 1 N–H and O–H groups in total. The lowest BCUT2D eigenvalue weighted by Crippen LogP contribution is -2.01. The zero-order chi connectivity index (χ0) is 12.4. The van der Waals surface area contributed by atoms with Crippen molar-refractivity contribution in [1.82, 2.24) is 9.78 Å². The molecule has 2 aromatic rings. The highest BCUT2D eigenvalue weighted by molar-refractivity contribution is 5.84. The predicted octanol–water partition coefficient (Wildman–Crippen LogP) is 1.85. The van der Waals surface area contributed by atoms with Crippen molar-refractivity contribution in [3.05, 3.63) is 36.0 Å². The normalized spacial score (nSPS) is 12.4. The summed E-state index contributed by atoms with van der Waals surface area (Å²) in [5, 5.41) is 12.7. The first kappa shape index (κ1) is 11.3. The monoisotopic (exact) mass is 236 g/mol. The van der Waals surface area contributed by atoms with Gasteiger partial charge in [0.2, 0.25) is 5.76 Å². The molecule has 2 heterocycles. The first-order valence-corrected chi connectivity index (χ1v) is 5.04. The van der Waals surface area contributed by atoms with Crippen LogP contribution in [0.3, 0.4) is 0 Å². The smallest absolute Gasteiger partial charge is 0.371 e. The summed E-state index contributed by atoms with van der Waals surface area (Å²) in [6.07, 6.45) is 2.93. The Bertz CT molecular complexity index is 529. The Hall–Kier alpha value is -2.24. The first-order chi connectivity index (χ1) is 8.06. The number of carbonyl (C=O) groups is 1. The number of hydrogen-bond acceptors (Lipinski definition) is 4. The van der Waals surface area contributed by atoms with Gasteiger partial charge in [-0.05, 0) is 19.1 Å². The van der Waals surface area contributed by atoms with Gasteiger partial charge < -0.3 is 14.3 Å². The second-order valence-corrected chi connectivity index (χ2v) is 3.62. The maximum absolute atomic E-state index is 10.7. The predicted molar refractivity (Wildman–Crippen MR) is 57.9 cm³/mol. The lowest BCUT2D eigenvalue weighted by Gasteiger charge is -2.09. The zero-order valence-corrected chi connectivity index (χ0v) is 9.45. The highest BCUT2D eigenvalue weighted by Gasteiger charge is 2.15. The van der Waals surface area contributed by atoms with Crippen LogP contribution in [0.1, 0.15) is 29.3 Å². The number of nitrogens with zero attached hydrogens (tertiary/aromatic N) is 2. The third-order valence-electron chi connectivity index (χ3n) is 2.23. The Balaban J connectivity index is 2.08. The molecule has 0 aliphatic carbocycles. The van der Waals surface area contributed by atoms with Crippen molar-refractivity contribution in [2.45, 2.75) is 13.0 Å². The van der Waals surface area contributed by atoms with Crippen molar-refractivity contribution >= 4 is 5.97 Å². The van der Waals surface area contributed by atoms with Crippen LogP contribution in [0, 0.1) is 0 Å². The van der Waals surface area contributed by atoms with E-state index in [-0.39, 0.29) is 11.9 Å². The van der Waals surface area contributed by atoms with Gasteiger partial charge >= 0.3 is 5.97 Å². The van der Waals surface area contributed by atoms with Crippen LogP contribution in [-0.4, -0.2) is 20.9 Å². The van der Waals surface area contributed by atoms with Gasteiger partial charge in [-0.2, -0.15) is 5.10 Å². The standard InChI is InChI=1S/C11H12N2O4/c1-7(16-8-5-12-13(2)6-8)9-3-4-10(17-9)11(14)15/h3-7H,1-2H3,(H,14,15). The number of aryl methyl sites for hydroxylation is 1. The SMILES string of the molecule is CC(Oc1cnn(C)c1)c1ccc(C(=O)O)o1. The number of carboxylic acids is 1. The molecule has 0 aliphatic rings. The van der Waals surface area contributed by atoms with E-state index < -0.39 is 5.97 Å². The largest absolute Gasteiger partial charge is 0.479 e. The Morgan fingerprint density at radius 2 is 2.35 bits per heavy atom. The fraction of sp³-hybridized carbons (Fsp3) is 0.273. The summed E-state index contributed by atoms with van der Waals surface area (Å²) in [5.41, 5.74) is 0. The number of hydrogen-bond donors (Lipinski definition) is 1. The Morgan fingerprint density at radius 3 is 2.88 bits per heavy atom. The van der Waals surface area contributed by atoms with Gasteiger partial charge in [0.25, 0.3) is 0 Å². The highest BCUT2D eigenvalue weighted by atomic mass is 16.5. The molecular weight excluding hydrogens is 224 g/mol. The quantitative estimate of drug-likeness (QED) is 0.876. The van der Waals surface area contributed by atoms with Crippen LogP contribution in [-0.2, 0) is 7.05 Å². The van der Waals surface area contributed by atoms with E-state index in [1.807, 2.05) is 0 Å². The average Bonchev–Trinajstić information content (AvgIpc) is 2.86. The van der Waals surface area contributed by atoms with Crippen molar-refractivity contribution in [2.75, 3.05) is 0 Å². The van der Waals surface area contributed by atoms with Crippen LogP contribution in [0.15, 0.2) is 28.9 Å². The molecule has 6 nitrogen and oxygen atoms in total. The van der Waals surface area contributed by atoms with Crippen molar-refractivity contribution in [2.24, 2.45) is 7.05 Å². The van der Waals surface area contributed by atoms with E-state index in [9.17, 15) is 4.79 Å². The van der Waals surface area contributed by atoms with Crippen molar-refractivity contribution in [3.8, 4) is 5.75 Å². The number of furan rings is 1. The molecule has 2 rings (SSSR count). The second-order valence-electron chi connectivity index (χ2n) is 3.62. The van der Waals surface area contributed by atoms with Crippen molar-refractivity contribution in [1.29, 1.82) is 0 Å². The lowest BCUT2D eigenvalue weighted by molar-refractivity contribution is 0.0655. The van der Waals surface area contributed by atoms with E-state index in [0.717, 1.165) is 0 Å². The highest BCUT2D eigenvalue weighted by Crippen LogP contribution is 2.22. The maximum atomic E-state index is 10.7. The topological polar surface area (TPSA) is 77.5 Å². The summed E-state index contributed by atoms with van der Waals surface area (Å²) in [5.74, 6) is -0.119. The second kappa shape index (κ2) is 4.32. The van der Waals surface area contributed by atoms with Crippen LogP contribution < -0.4 is 4.74 Å². The minimum Gasteiger partial charge on any atom is -0.479 e. The molecule has 0 saturated carbocycles. The Morgan fingerprint density at radius 1 is 1.59 bits per heavy atom. The minimum atomic E-state index is -1.09. The van der Waals surface area contributed by atoms with Gasteiger partial charge in [0.05, 0.1) is 12.4 Å². The molecule has 1 unspecified atom stereocenters.